The average molecular weight is 571 g/mol. The van der Waals surface area contributed by atoms with E-state index in [0.717, 1.165) is 51.4 Å². The molecule has 0 saturated heterocycles. The summed E-state index contributed by atoms with van der Waals surface area (Å²) in [6.07, 6.45) is 10.2. The molecule has 0 aromatic carbocycles. The molecule has 5 rings (SSSR count). The number of hydrogen-bond donors (Lipinski definition) is 0. The largest absolute Gasteiger partial charge is 0.466 e. The molecule has 0 aromatic heterocycles. The maximum absolute atomic E-state index is 13.9. The standard InChI is InChI=1S/C35H54O6/c1-21(2)23-12-17-35(30(38)40-20-28(37)39-9)19-18-33(7)24(29(23)35)10-11-26-32(6)15-14-27(41-22(3)36)31(4,5)25(32)13-16-34(26,33)8/h23-27,29H,1,10-20H2,2-9H3/t23-,24+,25-,26+,27-,29+,32-,33+,34+,35?/m0/s1. The third-order valence-corrected chi connectivity index (χ3v) is 14.3. The minimum atomic E-state index is -0.545. The van der Waals surface area contributed by atoms with Crippen molar-refractivity contribution in [1.29, 1.82) is 0 Å². The van der Waals surface area contributed by atoms with Crippen molar-refractivity contribution in [3.05, 3.63) is 12.2 Å². The van der Waals surface area contributed by atoms with Gasteiger partial charge in [0.2, 0.25) is 0 Å². The summed E-state index contributed by atoms with van der Waals surface area (Å²) in [6.45, 7) is 20.1. The van der Waals surface area contributed by atoms with Gasteiger partial charge in [0.25, 0.3) is 0 Å². The third kappa shape index (κ3) is 4.26. The highest BCUT2D eigenvalue weighted by molar-refractivity contribution is 5.81. The number of carbonyl (C=O) groups is 3. The van der Waals surface area contributed by atoms with Crippen LogP contribution in [0.15, 0.2) is 12.2 Å². The van der Waals surface area contributed by atoms with Crippen LogP contribution in [0.1, 0.15) is 113 Å². The highest BCUT2D eigenvalue weighted by Crippen LogP contribution is 2.77. The second-order valence-corrected chi connectivity index (χ2v) is 16.0. The second kappa shape index (κ2) is 10.1. The summed E-state index contributed by atoms with van der Waals surface area (Å²) in [5.74, 6) is 1.14. The fourth-order valence-corrected chi connectivity index (χ4v) is 12.2. The zero-order chi connectivity index (χ0) is 30.2. The van der Waals surface area contributed by atoms with E-state index in [1.807, 2.05) is 0 Å². The number of hydrogen-bond acceptors (Lipinski definition) is 6. The zero-order valence-electron chi connectivity index (χ0n) is 26.9. The zero-order valence-corrected chi connectivity index (χ0v) is 26.9. The third-order valence-electron chi connectivity index (χ3n) is 14.3. The molecule has 0 bridgehead atoms. The van der Waals surface area contributed by atoms with E-state index < -0.39 is 11.4 Å². The number of rotatable bonds is 5. The summed E-state index contributed by atoms with van der Waals surface area (Å²) in [5.41, 5.74) is 1.04. The first-order valence-corrected chi connectivity index (χ1v) is 16.1. The quantitative estimate of drug-likeness (QED) is 0.196. The molecule has 5 aliphatic rings. The first-order chi connectivity index (χ1) is 19.1. The Bertz CT molecular complexity index is 1110. The predicted octanol–water partition coefficient (Wildman–Crippen LogP) is 7.29. The topological polar surface area (TPSA) is 78.9 Å². The minimum absolute atomic E-state index is 0.0181. The lowest BCUT2D eigenvalue weighted by Crippen LogP contribution is -2.67. The average Bonchev–Trinajstić information content (AvgIpc) is 3.30. The Kier molecular flexibility index (Phi) is 7.55. The van der Waals surface area contributed by atoms with Gasteiger partial charge in [0, 0.05) is 12.3 Å². The molecule has 0 aromatic rings. The molecule has 5 aliphatic carbocycles. The maximum atomic E-state index is 13.9. The number of fused-ring (bicyclic) bond motifs is 7. The molecule has 10 atom stereocenters. The van der Waals surface area contributed by atoms with Crippen molar-refractivity contribution in [2.75, 3.05) is 13.7 Å². The van der Waals surface area contributed by atoms with Crippen molar-refractivity contribution in [3.63, 3.8) is 0 Å². The summed E-state index contributed by atoms with van der Waals surface area (Å²) in [5, 5.41) is 0. The van der Waals surface area contributed by atoms with Gasteiger partial charge in [-0.1, -0.05) is 46.8 Å². The highest BCUT2D eigenvalue weighted by Gasteiger charge is 2.72. The molecule has 41 heavy (non-hydrogen) atoms. The lowest BCUT2D eigenvalue weighted by molar-refractivity contribution is -0.250. The van der Waals surface area contributed by atoms with Crippen molar-refractivity contribution in [2.24, 2.45) is 56.7 Å². The van der Waals surface area contributed by atoms with E-state index in [0.29, 0.717) is 23.7 Å². The summed E-state index contributed by atoms with van der Waals surface area (Å²) in [4.78, 5) is 37.7. The SMILES string of the molecule is C=C(C)[C@@H]1CCC2(C(=O)OCC(=O)OC)CC[C@]3(C)[C@H](CC[C@@H]4[C@@]5(C)CC[C@H](OC(C)=O)C(C)(C)[C@@H]5CC[C@]43C)[C@@H]12. The second-order valence-electron chi connectivity index (χ2n) is 16.0. The van der Waals surface area contributed by atoms with Crippen LogP contribution in [0.25, 0.3) is 0 Å². The van der Waals surface area contributed by atoms with Gasteiger partial charge in [-0.25, -0.2) is 4.79 Å². The fourth-order valence-electron chi connectivity index (χ4n) is 12.2. The molecule has 0 radical (unpaired) electrons. The molecule has 6 nitrogen and oxygen atoms in total. The van der Waals surface area contributed by atoms with Crippen molar-refractivity contribution in [1.82, 2.24) is 0 Å². The monoisotopic (exact) mass is 570 g/mol. The molecular formula is C35H54O6. The normalized spacial score (nSPS) is 46.1. The van der Waals surface area contributed by atoms with Crippen LogP contribution in [0.3, 0.4) is 0 Å². The lowest BCUT2D eigenvalue weighted by Gasteiger charge is -2.72. The Balaban J connectivity index is 1.48. The van der Waals surface area contributed by atoms with Gasteiger partial charge in [0.15, 0.2) is 6.61 Å². The smallest absolute Gasteiger partial charge is 0.344 e. The molecule has 0 N–H and O–H groups in total. The Morgan fingerprint density at radius 2 is 1.51 bits per heavy atom. The van der Waals surface area contributed by atoms with Gasteiger partial charge in [-0.3, -0.25) is 9.59 Å². The van der Waals surface area contributed by atoms with Crippen molar-refractivity contribution < 1.29 is 28.6 Å². The Labute approximate surface area is 247 Å². The summed E-state index contributed by atoms with van der Waals surface area (Å²) >= 11 is 0. The van der Waals surface area contributed by atoms with Gasteiger partial charge in [0.05, 0.1) is 12.5 Å². The van der Waals surface area contributed by atoms with Crippen LogP contribution >= 0.6 is 0 Å². The number of ether oxygens (including phenoxy) is 3. The van der Waals surface area contributed by atoms with Gasteiger partial charge in [-0.15, -0.1) is 0 Å². The van der Waals surface area contributed by atoms with Crippen LogP contribution in [0.4, 0.5) is 0 Å². The number of allylic oxidation sites excluding steroid dienone is 1. The van der Waals surface area contributed by atoms with E-state index >= 15 is 0 Å². The van der Waals surface area contributed by atoms with E-state index in [9.17, 15) is 14.4 Å². The Morgan fingerprint density at radius 3 is 2.15 bits per heavy atom. The molecule has 5 fully saturated rings. The van der Waals surface area contributed by atoms with Crippen LogP contribution in [0.2, 0.25) is 0 Å². The number of carbonyl (C=O) groups excluding carboxylic acids is 3. The van der Waals surface area contributed by atoms with E-state index in [1.165, 1.54) is 25.5 Å². The van der Waals surface area contributed by atoms with Gasteiger partial charge in [-0.2, -0.15) is 0 Å². The van der Waals surface area contributed by atoms with E-state index in [1.54, 1.807) is 6.92 Å². The number of methoxy groups -OCH3 is 1. The van der Waals surface area contributed by atoms with E-state index in [-0.39, 0.29) is 52.2 Å². The molecule has 0 heterocycles. The van der Waals surface area contributed by atoms with Crippen LogP contribution in [0, 0.1) is 56.7 Å². The lowest BCUT2D eigenvalue weighted by atomic mass is 9.32. The van der Waals surface area contributed by atoms with Crippen LogP contribution in [0.5, 0.6) is 0 Å². The summed E-state index contributed by atoms with van der Waals surface area (Å²) < 4.78 is 16.4. The first kappa shape index (κ1) is 30.6. The minimum Gasteiger partial charge on any atom is -0.466 e. The molecule has 0 amide bonds. The molecule has 230 valence electrons. The van der Waals surface area contributed by atoms with Crippen molar-refractivity contribution >= 4 is 17.9 Å². The maximum Gasteiger partial charge on any atom is 0.344 e. The summed E-state index contributed by atoms with van der Waals surface area (Å²) in [7, 11) is 1.33. The van der Waals surface area contributed by atoms with Gasteiger partial charge in [0.1, 0.15) is 6.10 Å². The predicted molar refractivity (Wildman–Crippen MR) is 157 cm³/mol. The van der Waals surface area contributed by atoms with Gasteiger partial charge < -0.3 is 14.2 Å². The highest BCUT2D eigenvalue weighted by atomic mass is 16.6. The molecule has 6 heteroatoms. The van der Waals surface area contributed by atoms with Crippen LogP contribution < -0.4 is 0 Å². The van der Waals surface area contributed by atoms with Crippen molar-refractivity contribution in [3.8, 4) is 0 Å². The van der Waals surface area contributed by atoms with Crippen LogP contribution in [-0.4, -0.2) is 37.7 Å². The van der Waals surface area contributed by atoms with E-state index in [2.05, 4.69) is 48.1 Å². The molecule has 0 spiro atoms. The molecule has 5 saturated carbocycles. The first-order valence-electron chi connectivity index (χ1n) is 16.1. The Morgan fingerprint density at radius 1 is 0.805 bits per heavy atom. The number of esters is 3. The molecular weight excluding hydrogens is 516 g/mol. The van der Waals surface area contributed by atoms with Crippen molar-refractivity contribution in [2.45, 2.75) is 119 Å². The van der Waals surface area contributed by atoms with Gasteiger partial charge in [-0.05, 0) is 117 Å². The molecule has 0 aliphatic heterocycles. The molecule has 1 unspecified atom stereocenters. The Hall–Kier alpha value is -1.85. The van der Waals surface area contributed by atoms with E-state index in [4.69, 9.17) is 14.2 Å². The van der Waals surface area contributed by atoms with Crippen LogP contribution in [-0.2, 0) is 28.6 Å². The fraction of sp³-hybridized carbons (Fsp3) is 0.857. The summed E-state index contributed by atoms with van der Waals surface area (Å²) in [6, 6.07) is 0. The van der Waals surface area contributed by atoms with Gasteiger partial charge >= 0.3 is 17.9 Å².